The lowest BCUT2D eigenvalue weighted by Gasteiger charge is -2.22. The molecule has 1 aromatic carbocycles. The summed E-state index contributed by atoms with van der Waals surface area (Å²) >= 11 is 0. The highest BCUT2D eigenvalue weighted by Crippen LogP contribution is 2.39. The van der Waals surface area contributed by atoms with Crippen LogP contribution in [0.5, 0.6) is 0 Å². The first kappa shape index (κ1) is 19.0. The summed E-state index contributed by atoms with van der Waals surface area (Å²) in [5.74, 6) is -0.206. The minimum absolute atomic E-state index is 0.0535. The van der Waals surface area contributed by atoms with E-state index in [0.717, 1.165) is 18.9 Å². The number of halogens is 3. The fraction of sp³-hybridized carbons (Fsp3) is 0.500. The average molecular weight is 393 g/mol. The predicted octanol–water partition coefficient (Wildman–Crippen LogP) is 2.97. The van der Waals surface area contributed by atoms with Crippen LogP contribution in [-0.2, 0) is 11.0 Å². The molecule has 2 fully saturated rings. The van der Waals surface area contributed by atoms with E-state index in [2.05, 4.69) is 10.3 Å². The van der Waals surface area contributed by atoms with Gasteiger partial charge in [-0.15, -0.1) is 0 Å². The number of benzene rings is 1. The largest absolute Gasteiger partial charge is 0.418 e. The molecule has 1 aromatic heterocycles. The summed E-state index contributed by atoms with van der Waals surface area (Å²) in [6.07, 6.45) is -2.36. The van der Waals surface area contributed by atoms with E-state index in [4.69, 9.17) is 0 Å². The minimum Gasteiger partial charge on any atom is -0.383 e. The average Bonchev–Trinajstić information content (AvgIpc) is 3.43. The Bertz CT molecular complexity index is 898. The summed E-state index contributed by atoms with van der Waals surface area (Å²) in [5, 5.41) is 13.3. The summed E-state index contributed by atoms with van der Waals surface area (Å²) in [6, 6.07) is 5.63. The number of carbonyl (C=O) groups excluding carboxylic acids is 1. The van der Waals surface area contributed by atoms with Crippen LogP contribution in [0, 0.1) is 11.8 Å². The Morgan fingerprint density at radius 3 is 2.71 bits per heavy atom. The number of hydrogen-bond donors (Lipinski definition) is 2. The van der Waals surface area contributed by atoms with Gasteiger partial charge >= 0.3 is 6.18 Å². The molecule has 0 unspecified atom stereocenters. The Balaban J connectivity index is 1.58. The van der Waals surface area contributed by atoms with E-state index in [0.29, 0.717) is 24.2 Å². The molecule has 5 nitrogen and oxygen atoms in total. The maximum absolute atomic E-state index is 13.3. The van der Waals surface area contributed by atoms with Crippen LogP contribution >= 0.6 is 0 Å². The lowest BCUT2D eigenvalue weighted by Crippen LogP contribution is -2.45. The van der Waals surface area contributed by atoms with Crippen molar-refractivity contribution in [2.45, 2.75) is 38.1 Å². The number of aliphatic hydroxyl groups is 1. The first-order chi connectivity index (χ1) is 13.3. The van der Waals surface area contributed by atoms with Gasteiger partial charge in [-0.25, -0.2) is 0 Å². The van der Waals surface area contributed by atoms with Crippen LogP contribution in [0.15, 0.2) is 30.5 Å². The van der Waals surface area contributed by atoms with Gasteiger partial charge < -0.3 is 15.3 Å². The topological polar surface area (TPSA) is 65.5 Å². The maximum Gasteiger partial charge on any atom is 0.418 e. The lowest BCUT2D eigenvalue weighted by molar-refractivity contribution is -0.136. The van der Waals surface area contributed by atoms with E-state index in [1.54, 1.807) is 12.1 Å². The van der Waals surface area contributed by atoms with Crippen molar-refractivity contribution in [2.24, 2.45) is 11.8 Å². The number of pyridine rings is 1. The molecular weight excluding hydrogens is 371 g/mol. The third-order valence-corrected chi connectivity index (χ3v) is 5.67. The number of amides is 1. The number of hydrogen-bond acceptors (Lipinski definition) is 4. The Hall–Kier alpha value is -2.35. The van der Waals surface area contributed by atoms with Gasteiger partial charge in [-0.3, -0.25) is 9.78 Å². The van der Waals surface area contributed by atoms with Crippen molar-refractivity contribution in [1.82, 2.24) is 10.3 Å². The number of aliphatic hydroxyl groups excluding tert-OH is 1. The molecule has 1 saturated heterocycles. The molecule has 1 aliphatic carbocycles. The zero-order valence-corrected chi connectivity index (χ0v) is 15.4. The zero-order valence-electron chi connectivity index (χ0n) is 15.4. The quantitative estimate of drug-likeness (QED) is 0.838. The molecular formula is C20H22F3N3O2. The molecule has 2 aromatic rings. The number of rotatable bonds is 4. The molecule has 2 heterocycles. The number of aromatic nitrogens is 1. The highest BCUT2D eigenvalue weighted by Gasteiger charge is 2.39. The Kier molecular flexibility index (Phi) is 4.69. The van der Waals surface area contributed by atoms with Crippen molar-refractivity contribution in [3.8, 4) is 0 Å². The van der Waals surface area contributed by atoms with E-state index in [9.17, 15) is 23.1 Å². The van der Waals surface area contributed by atoms with Gasteiger partial charge in [0.1, 0.15) is 6.10 Å². The first-order valence-corrected chi connectivity index (χ1v) is 9.44. The molecule has 0 spiro atoms. The molecule has 4 rings (SSSR count). The van der Waals surface area contributed by atoms with Gasteiger partial charge in [0.25, 0.3) is 0 Å². The van der Waals surface area contributed by atoms with Crippen molar-refractivity contribution in [1.29, 1.82) is 0 Å². The molecule has 28 heavy (non-hydrogen) atoms. The van der Waals surface area contributed by atoms with Crippen molar-refractivity contribution in [3.05, 3.63) is 36.0 Å². The highest BCUT2D eigenvalue weighted by molar-refractivity contribution is 5.94. The van der Waals surface area contributed by atoms with Crippen LogP contribution in [0.1, 0.15) is 25.3 Å². The number of carbonyl (C=O) groups is 1. The third-order valence-electron chi connectivity index (χ3n) is 5.67. The summed E-state index contributed by atoms with van der Waals surface area (Å²) in [6.45, 7) is 3.05. The van der Waals surface area contributed by atoms with Gasteiger partial charge in [0, 0.05) is 30.4 Å². The monoisotopic (exact) mass is 393 g/mol. The zero-order chi connectivity index (χ0) is 20.1. The van der Waals surface area contributed by atoms with Gasteiger partial charge in [-0.2, -0.15) is 13.2 Å². The van der Waals surface area contributed by atoms with Gasteiger partial charge in [-0.1, -0.05) is 6.92 Å². The fourth-order valence-corrected chi connectivity index (χ4v) is 3.91. The molecule has 0 bridgehead atoms. The molecule has 1 amide bonds. The van der Waals surface area contributed by atoms with E-state index >= 15 is 0 Å². The predicted molar refractivity (Wildman–Crippen MR) is 98.8 cm³/mol. The fourth-order valence-electron chi connectivity index (χ4n) is 3.91. The summed E-state index contributed by atoms with van der Waals surface area (Å²) < 4.78 is 39.9. The standard InChI is InChI=1S/C20H22F3N3O2/c1-11-9-26(10-15(11)25-19(28)18(27)12-4-5-12)16-7-6-14(20(21,22)23)17-13(16)3-2-8-24-17/h2-3,6-8,11-12,15,18,27H,4-5,9-10H2,1H3,(H,25,28)/t11-,15+,18-/m1/s1. The number of fused-ring (bicyclic) bond motifs is 1. The second-order valence-corrected chi connectivity index (χ2v) is 7.81. The van der Waals surface area contributed by atoms with Crippen molar-refractivity contribution >= 4 is 22.5 Å². The van der Waals surface area contributed by atoms with Crippen LogP contribution < -0.4 is 10.2 Å². The summed E-state index contributed by atoms with van der Waals surface area (Å²) in [7, 11) is 0. The van der Waals surface area contributed by atoms with E-state index < -0.39 is 17.8 Å². The van der Waals surface area contributed by atoms with Crippen molar-refractivity contribution in [3.63, 3.8) is 0 Å². The maximum atomic E-state index is 13.3. The van der Waals surface area contributed by atoms with E-state index in [1.165, 1.54) is 12.3 Å². The smallest absolute Gasteiger partial charge is 0.383 e. The normalized spacial score (nSPS) is 23.8. The van der Waals surface area contributed by atoms with Crippen LogP contribution in [0.4, 0.5) is 18.9 Å². The third kappa shape index (κ3) is 3.53. The molecule has 3 atom stereocenters. The van der Waals surface area contributed by atoms with Crippen LogP contribution in [0.2, 0.25) is 0 Å². The summed E-state index contributed by atoms with van der Waals surface area (Å²) in [5.41, 5.74) is -0.157. The molecule has 2 N–H and O–H groups in total. The highest BCUT2D eigenvalue weighted by atomic mass is 19.4. The van der Waals surface area contributed by atoms with Crippen LogP contribution in [0.25, 0.3) is 10.9 Å². The molecule has 150 valence electrons. The molecule has 2 aliphatic rings. The second-order valence-electron chi connectivity index (χ2n) is 7.81. The summed E-state index contributed by atoms with van der Waals surface area (Å²) in [4.78, 5) is 18.2. The number of anilines is 1. The second kappa shape index (κ2) is 6.92. The van der Waals surface area contributed by atoms with Gasteiger partial charge in [0.2, 0.25) is 5.91 Å². The minimum atomic E-state index is -4.47. The molecule has 1 aliphatic heterocycles. The van der Waals surface area contributed by atoms with Gasteiger partial charge in [0.15, 0.2) is 0 Å². The number of nitrogens with one attached hydrogen (secondary N) is 1. The van der Waals surface area contributed by atoms with Crippen molar-refractivity contribution < 1.29 is 23.1 Å². The number of nitrogens with zero attached hydrogens (tertiary/aromatic N) is 2. The SMILES string of the molecule is C[C@@H]1CN(c2ccc(C(F)(F)F)c3ncccc23)C[C@@H]1NC(=O)[C@H](O)C1CC1. The van der Waals surface area contributed by atoms with Gasteiger partial charge in [-0.05, 0) is 48.9 Å². The lowest BCUT2D eigenvalue weighted by atomic mass is 10.1. The van der Waals surface area contributed by atoms with E-state index in [1.807, 2.05) is 11.8 Å². The Labute approximate surface area is 160 Å². The van der Waals surface area contributed by atoms with Crippen LogP contribution in [-0.4, -0.2) is 41.2 Å². The van der Waals surface area contributed by atoms with Crippen LogP contribution in [0.3, 0.4) is 0 Å². The molecule has 0 radical (unpaired) electrons. The molecule has 8 heteroatoms. The van der Waals surface area contributed by atoms with Gasteiger partial charge in [0.05, 0.1) is 17.1 Å². The van der Waals surface area contributed by atoms with E-state index in [-0.39, 0.29) is 29.3 Å². The number of alkyl halides is 3. The van der Waals surface area contributed by atoms with Crippen molar-refractivity contribution in [2.75, 3.05) is 18.0 Å². The molecule has 1 saturated carbocycles. The Morgan fingerprint density at radius 1 is 1.29 bits per heavy atom. The Morgan fingerprint density at radius 2 is 2.04 bits per heavy atom. The first-order valence-electron chi connectivity index (χ1n) is 9.44.